The first-order valence-electron chi connectivity index (χ1n) is 8.84. The van der Waals surface area contributed by atoms with Gasteiger partial charge in [-0.1, -0.05) is 6.07 Å². The van der Waals surface area contributed by atoms with Gasteiger partial charge in [0.05, 0.1) is 6.10 Å². The number of nitrogens with zero attached hydrogens (tertiary/aromatic N) is 4. The minimum atomic E-state index is -0.111. The quantitative estimate of drug-likeness (QED) is 0.822. The highest BCUT2D eigenvalue weighted by Crippen LogP contribution is 2.21. The van der Waals surface area contributed by atoms with Crippen molar-refractivity contribution in [2.45, 2.75) is 32.8 Å². The number of aromatic nitrogens is 3. The molecule has 138 valence electrons. The molecule has 0 radical (unpaired) electrons. The fourth-order valence-corrected chi connectivity index (χ4v) is 2.97. The van der Waals surface area contributed by atoms with Crippen LogP contribution in [0.2, 0.25) is 0 Å². The van der Waals surface area contributed by atoms with E-state index in [4.69, 9.17) is 4.74 Å². The molecule has 26 heavy (non-hydrogen) atoms. The van der Waals surface area contributed by atoms with Crippen molar-refractivity contribution in [1.82, 2.24) is 15.0 Å². The highest BCUT2D eigenvalue weighted by molar-refractivity contribution is 5.89. The van der Waals surface area contributed by atoms with Crippen molar-refractivity contribution < 1.29 is 9.53 Å². The van der Waals surface area contributed by atoms with Gasteiger partial charge in [0.15, 0.2) is 0 Å². The average molecular weight is 356 g/mol. The number of anilines is 4. The van der Waals surface area contributed by atoms with Crippen LogP contribution in [0.4, 0.5) is 23.3 Å². The zero-order valence-corrected chi connectivity index (χ0v) is 15.1. The molecular weight excluding hydrogens is 332 g/mol. The second-order valence-corrected chi connectivity index (χ2v) is 6.14. The smallest absolute Gasteiger partial charge is 0.231 e. The van der Waals surface area contributed by atoms with Crippen molar-refractivity contribution in [1.29, 1.82) is 0 Å². The Morgan fingerprint density at radius 3 is 2.77 bits per heavy atom. The molecule has 8 heteroatoms. The molecule has 2 N–H and O–H groups in total. The second kappa shape index (κ2) is 8.57. The average Bonchev–Trinajstić information content (AvgIpc) is 2.63. The van der Waals surface area contributed by atoms with Crippen molar-refractivity contribution in [3.8, 4) is 0 Å². The maximum Gasteiger partial charge on any atom is 0.231 e. The zero-order chi connectivity index (χ0) is 18.4. The van der Waals surface area contributed by atoms with E-state index in [0.717, 1.165) is 43.9 Å². The number of ether oxygens (including phenoxy) is 1. The Kier molecular flexibility index (Phi) is 5.96. The van der Waals surface area contributed by atoms with Gasteiger partial charge in [-0.25, -0.2) is 9.97 Å². The van der Waals surface area contributed by atoms with E-state index in [1.165, 1.54) is 13.3 Å². The number of carbonyl (C=O) groups is 1. The molecule has 1 amide bonds. The number of benzene rings is 1. The number of hydrogen-bond donors (Lipinski definition) is 2. The Morgan fingerprint density at radius 1 is 1.27 bits per heavy atom. The third kappa shape index (κ3) is 4.89. The largest absolute Gasteiger partial charge is 0.378 e. The van der Waals surface area contributed by atoms with Crippen LogP contribution in [0.15, 0.2) is 30.6 Å². The fourth-order valence-electron chi connectivity index (χ4n) is 2.97. The van der Waals surface area contributed by atoms with Crippen molar-refractivity contribution in [3.63, 3.8) is 0 Å². The van der Waals surface area contributed by atoms with E-state index in [-0.39, 0.29) is 5.91 Å². The first-order valence-corrected chi connectivity index (χ1v) is 8.84. The summed E-state index contributed by atoms with van der Waals surface area (Å²) < 4.78 is 5.69. The molecule has 0 atom stereocenters. The SMILES string of the molecule is CCOC1CCN(c2ncnc(Nc3cccc(NC(C)=O)c3)n2)CC1. The topological polar surface area (TPSA) is 92.3 Å². The number of nitrogens with one attached hydrogen (secondary N) is 2. The molecule has 0 spiro atoms. The zero-order valence-electron chi connectivity index (χ0n) is 15.1. The van der Waals surface area contributed by atoms with Gasteiger partial charge in [0.25, 0.3) is 0 Å². The van der Waals surface area contributed by atoms with E-state index in [9.17, 15) is 4.79 Å². The van der Waals surface area contributed by atoms with Crippen LogP contribution >= 0.6 is 0 Å². The van der Waals surface area contributed by atoms with Gasteiger partial charge >= 0.3 is 0 Å². The normalized spacial score (nSPS) is 14.9. The van der Waals surface area contributed by atoms with Gasteiger partial charge in [0.1, 0.15) is 6.33 Å². The summed E-state index contributed by atoms with van der Waals surface area (Å²) >= 11 is 0. The Balaban J connectivity index is 1.65. The molecule has 0 aliphatic carbocycles. The van der Waals surface area contributed by atoms with Crippen LogP contribution < -0.4 is 15.5 Å². The first-order chi connectivity index (χ1) is 12.6. The predicted octanol–water partition coefficient (Wildman–Crippen LogP) is 2.58. The molecule has 0 bridgehead atoms. The lowest BCUT2D eigenvalue weighted by Gasteiger charge is -2.31. The van der Waals surface area contributed by atoms with Crippen LogP contribution in [-0.4, -0.2) is 46.7 Å². The summed E-state index contributed by atoms with van der Waals surface area (Å²) in [5.41, 5.74) is 1.51. The van der Waals surface area contributed by atoms with Crippen molar-refractivity contribution in [2.24, 2.45) is 0 Å². The highest BCUT2D eigenvalue weighted by Gasteiger charge is 2.21. The summed E-state index contributed by atoms with van der Waals surface area (Å²) in [7, 11) is 0. The van der Waals surface area contributed by atoms with Crippen LogP contribution in [0, 0.1) is 0 Å². The lowest BCUT2D eigenvalue weighted by molar-refractivity contribution is -0.114. The van der Waals surface area contributed by atoms with Crippen LogP contribution in [0.3, 0.4) is 0 Å². The molecule has 0 saturated carbocycles. The van der Waals surface area contributed by atoms with Gasteiger partial charge in [-0.15, -0.1) is 0 Å². The third-order valence-electron chi connectivity index (χ3n) is 4.13. The predicted molar refractivity (Wildman–Crippen MR) is 101 cm³/mol. The maximum absolute atomic E-state index is 11.2. The first kappa shape index (κ1) is 18.1. The van der Waals surface area contributed by atoms with E-state index >= 15 is 0 Å². The lowest BCUT2D eigenvalue weighted by Crippen LogP contribution is -2.38. The third-order valence-corrected chi connectivity index (χ3v) is 4.13. The molecule has 8 nitrogen and oxygen atoms in total. The molecule has 1 saturated heterocycles. The standard InChI is InChI=1S/C18H24N6O2/c1-3-26-16-7-9-24(10-8-16)18-20-12-19-17(23-18)22-15-6-4-5-14(11-15)21-13(2)25/h4-6,11-12,16H,3,7-10H2,1-2H3,(H,21,25)(H,19,20,22,23). The van der Waals surface area contributed by atoms with Crippen LogP contribution in [0.5, 0.6) is 0 Å². The molecule has 0 unspecified atom stereocenters. The van der Waals surface area contributed by atoms with E-state index < -0.39 is 0 Å². The highest BCUT2D eigenvalue weighted by atomic mass is 16.5. The Bertz CT molecular complexity index is 746. The van der Waals surface area contributed by atoms with E-state index in [1.807, 2.05) is 31.2 Å². The number of piperidine rings is 1. The summed E-state index contributed by atoms with van der Waals surface area (Å²) in [5.74, 6) is 1.03. The Hall–Kier alpha value is -2.74. The molecule has 1 aliphatic heterocycles. The van der Waals surface area contributed by atoms with Gasteiger partial charge in [-0.3, -0.25) is 4.79 Å². The minimum Gasteiger partial charge on any atom is -0.378 e. The molecule has 1 aromatic carbocycles. The Labute approximate surface area is 153 Å². The van der Waals surface area contributed by atoms with Crippen molar-refractivity contribution >= 4 is 29.2 Å². The molecule has 1 fully saturated rings. The minimum absolute atomic E-state index is 0.111. The summed E-state index contributed by atoms with van der Waals surface area (Å²) in [6.45, 7) is 5.99. The molecule has 1 aliphatic rings. The summed E-state index contributed by atoms with van der Waals surface area (Å²) in [5, 5.41) is 5.92. The molecular formula is C18H24N6O2. The summed E-state index contributed by atoms with van der Waals surface area (Å²) in [6.07, 6.45) is 3.78. The monoisotopic (exact) mass is 356 g/mol. The summed E-state index contributed by atoms with van der Waals surface area (Å²) in [6, 6.07) is 7.41. The lowest BCUT2D eigenvalue weighted by atomic mass is 10.1. The number of carbonyl (C=O) groups excluding carboxylic acids is 1. The van der Waals surface area contributed by atoms with E-state index in [0.29, 0.717) is 18.0 Å². The maximum atomic E-state index is 11.2. The van der Waals surface area contributed by atoms with Crippen LogP contribution in [0.1, 0.15) is 26.7 Å². The van der Waals surface area contributed by atoms with Gasteiger partial charge in [-0.05, 0) is 38.0 Å². The van der Waals surface area contributed by atoms with Gasteiger partial charge in [0, 0.05) is 38.0 Å². The second-order valence-electron chi connectivity index (χ2n) is 6.14. The van der Waals surface area contributed by atoms with Crippen LogP contribution in [-0.2, 0) is 9.53 Å². The van der Waals surface area contributed by atoms with Crippen molar-refractivity contribution in [3.05, 3.63) is 30.6 Å². The van der Waals surface area contributed by atoms with Crippen LogP contribution in [0.25, 0.3) is 0 Å². The number of rotatable bonds is 6. The van der Waals surface area contributed by atoms with Crippen molar-refractivity contribution in [2.75, 3.05) is 35.2 Å². The van der Waals surface area contributed by atoms with Gasteiger partial charge in [0.2, 0.25) is 17.8 Å². The fraction of sp³-hybridized carbons (Fsp3) is 0.444. The van der Waals surface area contributed by atoms with Gasteiger partial charge < -0.3 is 20.3 Å². The van der Waals surface area contributed by atoms with Gasteiger partial charge in [-0.2, -0.15) is 4.98 Å². The molecule has 2 aromatic rings. The molecule has 2 heterocycles. The van der Waals surface area contributed by atoms with E-state index in [1.54, 1.807) is 0 Å². The number of hydrogen-bond acceptors (Lipinski definition) is 7. The number of amides is 1. The molecule has 3 rings (SSSR count). The Morgan fingerprint density at radius 2 is 2.04 bits per heavy atom. The van der Waals surface area contributed by atoms with E-state index in [2.05, 4.69) is 30.5 Å². The molecule has 1 aromatic heterocycles. The summed E-state index contributed by atoms with van der Waals surface area (Å²) in [4.78, 5) is 26.3.